The quantitative estimate of drug-likeness (QED) is 0.927. The summed E-state index contributed by atoms with van der Waals surface area (Å²) in [6.07, 6.45) is 4.96. The predicted molar refractivity (Wildman–Crippen MR) is 81.0 cm³/mol. The maximum absolute atomic E-state index is 12.8. The van der Waals surface area contributed by atoms with Gasteiger partial charge >= 0.3 is 0 Å². The normalized spacial score (nSPS) is 19.2. The Kier molecular flexibility index (Phi) is 4.52. The van der Waals surface area contributed by atoms with Crippen molar-refractivity contribution in [2.75, 3.05) is 13.6 Å². The molecule has 1 fully saturated rings. The van der Waals surface area contributed by atoms with Crippen LogP contribution in [-0.2, 0) is 10.0 Å². The van der Waals surface area contributed by atoms with Gasteiger partial charge in [-0.05, 0) is 37.5 Å². The van der Waals surface area contributed by atoms with E-state index in [9.17, 15) is 8.42 Å². The fourth-order valence-corrected chi connectivity index (χ4v) is 4.71. The third-order valence-corrected chi connectivity index (χ3v) is 6.44. The SMILES string of the molecule is Cc1cccc(S(=O)(=O)N(C)C2(CN)CCCCC2)c1. The van der Waals surface area contributed by atoms with Crippen LogP contribution >= 0.6 is 0 Å². The molecule has 1 aliphatic rings. The number of likely N-dealkylation sites (N-methyl/N-ethyl adjacent to an activating group) is 1. The van der Waals surface area contributed by atoms with E-state index < -0.39 is 15.6 Å². The summed E-state index contributed by atoms with van der Waals surface area (Å²) in [5, 5.41) is 0. The predicted octanol–water partition coefficient (Wildman–Crippen LogP) is 2.28. The average Bonchev–Trinajstić information content (AvgIpc) is 2.47. The average molecular weight is 296 g/mol. The Bertz CT molecular complexity index is 563. The molecule has 2 rings (SSSR count). The smallest absolute Gasteiger partial charge is 0.243 e. The first-order valence-electron chi connectivity index (χ1n) is 7.18. The van der Waals surface area contributed by atoms with Crippen LogP contribution in [0, 0.1) is 6.92 Å². The maximum Gasteiger partial charge on any atom is 0.243 e. The van der Waals surface area contributed by atoms with E-state index in [-0.39, 0.29) is 0 Å². The topological polar surface area (TPSA) is 63.4 Å². The van der Waals surface area contributed by atoms with Crippen LogP contribution in [0.15, 0.2) is 29.2 Å². The second-order valence-corrected chi connectivity index (χ2v) is 7.75. The van der Waals surface area contributed by atoms with E-state index in [1.807, 2.05) is 13.0 Å². The van der Waals surface area contributed by atoms with Gasteiger partial charge in [0.05, 0.1) is 4.90 Å². The lowest BCUT2D eigenvalue weighted by Crippen LogP contribution is -2.55. The molecule has 0 saturated heterocycles. The van der Waals surface area contributed by atoms with Crippen molar-refractivity contribution in [2.24, 2.45) is 5.73 Å². The van der Waals surface area contributed by atoms with Crippen LogP contribution < -0.4 is 5.73 Å². The molecule has 4 nitrogen and oxygen atoms in total. The molecule has 0 bridgehead atoms. The summed E-state index contributed by atoms with van der Waals surface area (Å²) in [5.41, 5.74) is 6.47. The van der Waals surface area contributed by atoms with Gasteiger partial charge in [0.2, 0.25) is 10.0 Å². The molecule has 1 aliphatic carbocycles. The maximum atomic E-state index is 12.8. The molecule has 0 aliphatic heterocycles. The van der Waals surface area contributed by atoms with Crippen molar-refractivity contribution >= 4 is 10.0 Å². The Hall–Kier alpha value is -0.910. The lowest BCUT2D eigenvalue weighted by atomic mass is 9.82. The Labute approximate surface area is 122 Å². The number of rotatable bonds is 4. The molecule has 2 N–H and O–H groups in total. The van der Waals surface area contributed by atoms with Crippen LogP contribution in [0.5, 0.6) is 0 Å². The number of sulfonamides is 1. The zero-order valence-corrected chi connectivity index (χ0v) is 13.1. The summed E-state index contributed by atoms with van der Waals surface area (Å²) in [6.45, 7) is 2.28. The molecule has 0 heterocycles. The van der Waals surface area contributed by atoms with Gasteiger partial charge in [0.1, 0.15) is 0 Å². The summed E-state index contributed by atoms with van der Waals surface area (Å²) >= 11 is 0. The summed E-state index contributed by atoms with van der Waals surface area (Å²) in [6, 6.07) is 7.06. The molecule has 1 saturated carbocycles. The first kappa shape index (κ1) is 15.5. The molecule has 1 aromatic rings. The van der Waals surface area contributed by atoms with Gasteiger partial charge in [0.15, 0.2) is 0 Å². The first-order chi connectivity index (χ1) is 9.42. The van der Waals surface area contributed by atoms with Gasteiger partial charge < -0.3 is 5.73 Å². The molecule has 5 heteroatoms. The minimum atomic E-state index is -3.48. The number of benzene rings is 1. The number of aryl methyl sites for hydroxylation is 1. The minimum absolute atomic E-state index is 0.360. The second kappa shape index (κ2) is 5.84. The van der Waals surface area contributed by atoms with Crippen molar-refractivity contribution in [3.63, 3.8) is 0 Å². The van der Waals surface area contributed by atoms with Crippen molar-refractivity contribution < 1.29 is 8.42 Å². The highest BCUT2D eigenvalue weighted by Crippen LogP contribution is 2.35. The molecule has 0 amide bonds. The molecule has 0 atom stereocenters. The van der Waals surface area contributed by atoms with Gasteiger partial charge in [-0.15, -0.1) is 0 Å². The van der Waals surface area contributed by atoms with E-state index >= 15 is 0 Å². The number of hydrogen-bond acceptors (Lipinski definition) is 3. The van der Waals surface area contributed by atoms with Crippen molar-refractivity contribution in [1.82, 2.24) is 4.31 Å². The Morgan fingerprint density at radius 3 is 2.45 bits per heavy atom. The van der Waals surface area contributed by atoms with Gasteiger partial charge in [0.25, 0.3) is 0 Å². The molecular formula is C15H24N2O2S. The summed E-state index contributed by atoms with van der Waals surface area (Å²) < 4.78 is 27.2. The minimum Gasteiger partial charge on any atom is -0.329 e. The summed E-state index contributed by atoms with van der Waals surface area (Å²) in [4.78, 5) is 0.360. The molecule has 20 heavy (non-hydrogen) atoms. The highest BCUT2D eigenvalue weighted by atomic mass is 32.2. The Morgan fingerprint density at radius 1 is 1.25 bits per heavy atom. The number of hydrogen-bond donors (Lipinski definition) is 1. The van der Waals surface area contributed by atoms with Gasteiger partial charge in [-0.2, -0.15) is 4.31 Å². The van der Waals surface area contributed by atoms with Crippen molar-refractivity contribution in [1.29, 1.82) is 0 Å². The fourth-order valence-electron chi connectivity index (χ4n) is 3.05. The van der Waals surface area contributed by atoms with Crippen LogP contribution in [0.4, 0.5) is 0 Å². The first-order valence-corrected chi connectivity index (χ1v) is 8.62. The number of nitrogens with two attached hydrogens (primary N) is 1. The molecule has 0 spiro atoms. The highest BCUT2D eigenvalue weighted by molar-refractivity contribution is 7.89. The standard InChI is InChI=1S/C15H24N2O2S/c1-13-7-6-8-14(11-13)20(18,19)17(2)15(12-16)9-4-3-5-10-15/h6-8,11H,3-5,9-10,12,16H2,1-2H3. The zero-order chi connectivity index (χ0) is 14.8. The molecule has 0 unspecified atom stereocenters. The van der Waals surface area contributed by atoms with Gasteiger partial charge in [-0.25, -0.2) is 8.42 Å². The van der Waals surface area contributed by atoms with Crippen LogP contribution in [0.3, 0.4) is 0 Å². The molecule has 1 aromatic carbocycles. The van der Waals surface area contributed by atoms with E-state index in [2.05, 4.69) is 0 Å². The van der Waals surface area contributed by atoms with Crippen LogP contribution in [0.25, 0.3) is 0 Å². The molecule has 0 aromatic heterocycles. The van der Waals surface area contributed by atoms with Crippen molar-refractivity contribution in [2.45, 2.75) is 49.5 Å². The van der Waals surface area contributed by atoms with Crippen molar-refractivity contribution in [3.05, 3.63) is 29.8 Å². The van der Waals surface area contributed by atoms with E-state index in [1.165, 1.54) is 10.7 Å². The third kappa shape index (κ3) is 2.75. The largest absolute Gasteiger partial charge is 0.329 e. The van der Waals surface area contributed by atoms with E-state index in [0.717, 1.165) is 31.2 Å². The monoisotopic (exact) mass is 296 g/mol. The lowest BCUT2D eigenvalue weighted by Gasteiger charge is -2.43. The Balaban J connectivity index is 2.37. The van der Waals surface area contributed by atoms with Gasteiger partial charge in [0, 0.05) is 19.1 Å². The van der Waals surface area contributed by atoms with Gasteiger partial charge in [-0.3, -0.25) is 0 Å². The molecular weight excluding hydrogens is 272 g/mol. The Morgan fingerprint density at radius 2 is 1.90 bits per heavy atom. The third-order valence-electron chi connectivity index (χ3n) is 4.48. The zero-order valence-electron chi connectivity index (χ0n) is 12.3. The second-order valence-electron chi connectivity index (χ2n) is 5.78. The van der Waals surface area contributed by atoms with E-state index in [4.69, 9.17) is 5.73 Å². The molecule has 112 valence electrons. The van der Waals surface area contributed by atoms with Crippen LogP contribution in [0.1, 0.15) is 37.7 Å². The van der Waals surface area contributed by atoms with Crippen LogP contribution in [-0.4, -0.2) is 31.9 Å². The number of nitrogens with zero attached hydrogens (tertiary/aromatic N) is 1. The molecule has 0 radical (unpaired) electrons. The van der Waals surface area contributed by atoms with Gasteiger partial charge in [-0.1, -0.05) is 31.4 Å². The lowest BCUT2D eigenvalue weighted by molar-refractivity contribution is 0.159. The highest BCUT2D eigenvalue weighted by Gasteiger charge is 2.41. The van der Waals surface area contributed by atoms with E-state index in [1.54, 1.807) is 25.2 Å². The van der Waals surface area contributed by atoms with Crippen molar-refractivity contribution in [3.8, 4) is 0 Å². The summed E-state index contributed by atoms with van der Waals surface area (Å²) in [7, 11) is -1.80. The summed E-state index contributed by atoms with van der Waals surface area (Å²) in [5.74, 6) is 0. The van der Waals surface area contributed by atoms with Crippen LogP contribution in [0.2, 0.25) is 0 Å². The fraction of sp³-hybridized carbons (Fsp3) is 0.600. The van der Waals surface area contributed by atoms with E-state index in [0.29, 0.717) is 11.4 Å².